The maximum absolute atomic E-state index is 4.80. The number of aliphatic imine (C=N–C) groups is 1. The van der Waals surface area contributed by atoms with Crippen LogP contribution in [0, 0.1) is 11.8 Å². The van der Waals surface area contributed by atoms with E-state index in [1.165, 1.54) is 30.7 Å². The van der Waals surface area contributed by atoms with E-state index in [1.54, 1.807) is 0 Å². The minimum atomic E-state index is 0.365. The van der Waals surface area contributed by atoms with Gasteiger partial charge < -0.3 is 0 Å². The first-order valence-electron chi connectivity index (χ1n) is 6.07. The normalized spacial score (nSPS) is 41.3. The molecular weight excluding hydrogens is 202 g/mol. The van der Waals surface area contributed by atoms with Crippen molar-refractivity contribution >= 4 is 16.8 Å². The molecule has 84 valence electrons. The van der Waals surface area contributed by atoms with E-state index in [-0.39, 0.29) is 0 Å². The molecule has 0 radical (unpaired) electrons. The van der Waals surface area contributed by atoms with Crippen molar-refractivity contribution in [2.75, 3.05) is 0 Å². The second kappa shape index (κ2) is 4.73. The molecule has 2 rings (SSSR count). The molecule has 0 aromatic rings. The van der Waals surface area contributed by atoms with Gasteiger partial charge in [-0.3, -0.25) is 4.99 Å². The van der Waals surface area contributed by atoms with Crippen LogP contribution in [0.3, 0.4) is 0 Å². The van der Waals surface area contributed by atoms with E-state index < -0.39 is 0 Å². The molecule has 2 heteroatoms. The van der Waals surface area contributed by atoms with Crippen LogP contribution < -0.4 is 0 Å². The van der Waals surface area contributed by atoms with Crippen molar-refractivity contribution in [3.63, 3.8) is 0 Å². The Balaban J connectivity index is 1.97. The Bertz CT molecular complexity index is 264. The molecule has 1 fully saturated rings. The highest BCUT2D eigenvalue weighted by Gasteiger charge is 2.30. The minimum Gasteiger partial charge on any atom is -0.274 e. The molecule has 15 heavy (non-hydrogen) atoms. The average molecular weight is 223 g/mol. The Hall–Kier alpha value is -0.240. The Morgan fingerprint density at radius 3 is 2.47 bits per heavy atom. The van der Waals surface area contributed by atoms with E-state index in [0.29, 0.717) is 11.3 Å². The van der Waals surface area contributed by atoms with Gasteiger partial charge in [0.25, 0.3) is 0 Å². The quantitative estimate of drug-likeness (QED) is 0.647. The lowest BCUT2D eigenvalue weighted by Crippen LogP contribution is -2.18. The van der Waals surface area contributed by atoms with Gasteiger partial charge in [0.1, 0.15) is 0 Å². The van der Waals surface area contributed by atoms with Gasteiger partial charge in [-0.2, -0.15) is 0 Å². The second-order valence-corrected chi connectivity index (χ2v) is 6.37. The molecule has 0 N–H and O–H groups in total. The highest BCUT2D eigenvalue weighted by molar-refractivity contribution is 8.14. The molecule has 0 saturated heterocycles. The van der Waals surface area contributed by atoms with Gasteiger partial charge in [-0.05, 0) is 18.8 Å². The second-order valence-electron chi connectivity index (χ2n) is 4.97. The zero-order valence-corrected chi connectivity index (χ0v) is 10.6. The van der Waals surface area contributed by atoms with Gasteiger partial charge in [0.2, 0.25) is 0 Å². The van der Waals surface area contributed by atoms with Crippen LogP contribution in [0.15, 0.2) is 17.6 Å². The van der Waals surface area contributed by atoms with Crippen LogP contribution in [-0.4, -0.2) is 16.3 Å². The summed E-state index contributed by atoms with van der Waals surface area (Å²) in [7, 11) is 0. The van der Waals surface area contributed by atoms with E-state index >= 15 is 0 Å². The predicted octanol–water partition coefficient (Wildman–Crippen LogP) is 3.90. The van der Waals surface area contributed by atoms with Crippen molar-refractivity contribution in [1.29, 1.82) is 0 Å². The first kappa shape index (κ1) is 11.3. The molecule has 1 saturated carbocycles. The van der Waals surface area contributed by atoms with Gasteiger partial charge in [0.05, 0.1) is 11.1 Å². The van der Waals surface area contributed by atoms with Crippen LogP contribution in [0.2, 0.25) is 0 Å². The van der Waals surface area contributed by atoms with Crippen molar-refractivity contribution in [3.05, 3.63) is 12.7 Å². The van der Waals surface area contributed by atoms with Crippen molar-refractivity contribution in [3.8, 4) is 0 Å². The smallest absolute Gasteiger partial charge is 0.0806 e. The summed E-state index contributed by atoms with van der Waals surface area (Å²) >= 11 is 1.98. The first-order valence-corrected chi connectivity index (χ1v) is 6.95. The van der Waals surface area contributed by atoms with Crippen LogP contribution >= 0.6 is 11.8 Å². The summed E-state index contributed by atoms with van der Waals surface area (Å²) in [6, 6.07) is 0.365. The summed E-state index contributed by atoms with van der Waals surface area (Å²) in [6.45, 7) is 8.50. The average Bonchev–Trinajstić information content (AvgIpc) is 2.61. The Kier molecular flexibility index (Phi) is 3.55. The van der Waals surface area contributed by atoms with E-state index in [2.05, 4.69) is 20.4 Å². The van der Waals surface area contributed by atoms with Crippen molar-refractivity contribution in [2.45, 2.75) is 50.8 Å². The van der Waals surface area contributed by atoms with Gasteiger partial charge >= 0.3 is 0 Å². The molecule has 2 unspecified atom stereocenters. The third kappa shape index (κ3) is 2.47. The van der Waals surface area contributed by atoms with E-state index in [4.69, 9.17) is 4.99 Å². The van der Waals surface area contributed by atoms with Gasteiger partial charge in [-0.1, -0.05) is 32.8 Å². The fourth-order valence-corrected chi connectivity index (χ4v) is 3.80. The molecule has 1 nitrogen and oxygen atoms in total. The highest BCUT2D eigenvalue weighted by atomic mass is 32.2. The molecule has 0 amide bonds. The summed E-state index contributed by atoms with van der Waals surface area (Å²) in [5.74, 6) is 1.69. The first-order chi connectivity index (χ1) is 7.20. The van der Waals surface area contributed by atoms with Gasteiger partial charge in [-0.15, -0.1) is 18.3 Å². The third-order valence-corrected chi connectivity index (χ3v) is 5.00. The van der Waals surface area contributed by atoms with Crippen LogP contribution in [-0.2, 0) is 0 Å². The number of hydrogen-bond donors (Lipinski definition) is 0. The standard InChI is InChI=1S/C13H21NS/c1-4-12-10(3)15-13(14-12)11-7-5-9(2)6-8-11/h4,9-12H,1,5-8H2,2-3H3/t9-,10?,11-,12?. The van der Waals surface area contributed by atoms with E-state index in [1.807, 2.05) is 17.8 Å². The van der Waals surface area contributed by atoms with Gasteiger partial charge in [-0.25, -0.2) is 0 Å². The summed E-state index contributed by atoms with van der Waals surface area (Å²) in [5, 5.41) is 2.02. The molecule has 2 aliphatic rings. The molecule has 0 spiro atoms. The summed E-state index contributed by atoms with van der Waals surface area (Å²) < 4.78 is 0. The van der Waals surface area contributed by atoms with Crippen molar-refractivity contribution in [1.82, 2.24) is 0 Å². The molecule has 1 aliphatic heterocycles. The predicted molar refractivity (Wildman–Crippen MR) is 69.6 cm³/mol. The lowest BCUT2D eigenvalue weighted by atomic mass is 9.83. The maximum Gasteiger partial charge on any atom is 0.0806 e. The molecule has 1 aliphatic carbocycles. The molecule has 2 atom stereocenters. The van der Waals surface area contributed by atoms with E-state index in [9.17, 15) is 0 Å². The van der Waals surface area contributed by atoms with Crippen LogP contribution in [0.25, 0.3) is 0 Å². The molecule has 0 aromatic carbocycles. The lowest BCUT2D eigenvalue weighted by molar-refractivity contribution is 0.346. The molecule has 0 aromatic heterocycles. The number of thioether (sulfide) groups is 1. The van der Waals surface area contributed by atoms with E-state index in [0.717, 1.165) is 11.8 Å². The highest BCUT2D eigenvalue weighted by Crippen LogP contribution is 2.38. The van der Waals surface area contributed by atoms with Gasteiger partial charge in [0.15, 0.2) is 0 Å². The SMILES string of the molecule is C=CC1N=C([C@H]2CC[C@H](C)CC2)SC1C. The Morgan fingerprint density at radius 1 is 1.27 bits per heavy atom. The summed E-state index contributed by atoms with van der Waals surface area (Å²) in [5.41, 5.74) is 0. The third-order valence-electron chi connectivity index (χ3n) is 3.67. The molecule has 1 heterocycles. The largest absolute Gasteiger partial charge is 0.274 e. The Morgan fingerprint density at radius 2 is 1.93 bits per heavy atom. The summed E-state index contributed by atoms with van der Waals surface area (Å²) in [6.07, 6.45) is 7.47. The number of rotatable bonds is 2. The van der Waals surface area contributed by atoms with Crippen LogP contribution in [0.5, 0.6) is 0 Å². The minimum absolute atomic E-state index is 0.365. The lowest BCUT2D eigenvalue weighted by Gasteiger charge is -2.25. The number of hydrogen-bond acceptors (Lipinski definition) is 2. The topological polar surface area (TPSA) is 12.4 Å². The number of nitrogens with zero attached hydrogens (tertiary/aromatic N) is 1. The van der Waals surface area contributed by atoms with Crippen molar-refractivity contribution in [2.24, 2.45) is 16.8 Å². The molecule has 0 bridgehead atoms. The zero-order valence-electron chi connectivity index (χ0n) is 9.78. The van der Waals surface area contributed by atoms with Gasteiger partial charge in [0, 0.05) is 11.2 Å². The fourth-order valence-electron chi connectivity index (χ4n) is 2.50. The Labute approximate surface area is 97.4 Å². The zero-order chi connectivity index (χ0) is 10.8. The fraction of sp³-hybridized carbons (Fsp3) is 0.769. The molecular formula is C13H21NS. The van der Waals surface area contributed by atoms with Crippen LogP contribution in [0.1, 0.15) is 39.5 Å². The van der Waals surface area contributed by atoms with Crippen molar-refractivity contribution < 1.29 is 0 Å². The maximum atomic E-state index is 4.80. The monoisotopic (exact) mass is 223 g/mol. The van der Waals surface area contributed by atoms with Crippen LogP contribution in [0.4, 0.5) is 0 Å². The summed E-state index contributed by atoms with van der Waals surface area (Å²) in [4.78, 5) is 4.80.